The van der Waals surface area contributed by atoms with E-state index in [0.717, 1.165) is 11.1 Å². The highest BCUT2D eigenvalue weighted by Crippen LogP contribution is 2.05. The molecule has 0 heterocycles. The summed E-state index contributed by atoms with van der Waals surface area (Å²) in [6.07, 6.45) is 0. The van der Waals surface area contributed by atoms with E-state index in [1.807, 2.05) is 24.3 Å². The summed E-state index contributed by atoms with van der Waals surface area (Å²) in [6.45, 7) is 6.13. The fourth-order valence-electron chi connectivity index (χ4n) is 1.41. The summed E-state index contributed by atoms with van der Waals surface area (Å²) >= 11 is 0. The average molecular weight is 271 g/mol. The van der Waals surface area contributed by atoms with Crippen LogP contribution < -0.4 is 15.2 Å². The average Bonchev–Trinajstić information content (AvgIpc) is 2.24. The monoisotopic (exact) mass is 271 g/mol. The molecule has 0 unspecified atom stereocenters. The maximum Gasteiger partial charge on any atom is 0.277 e. The molecule has 0 amide bonds. The third-order valence-electron chi connectivity index (χ3n) is 2.17. The Morgan fingerprint density at radius 2 is 1.61 bits per heavy atom. The van der Waals surface area contributed by atoms with Crippen molar-refractivity contribution >= 4 is 10.2 Å². The number of nitrogens with two attached hydrogens (primary N) is 1. The van der Waals surface area contributed by atoms with Crippen LogP contribution in [0.4, 0.5) is 0 Å². The van der Waals surface area contributed by atoms with E-state index in [1.54, 1.807) is 20.8 Å². The van der Waals surface area contributed by atoms with Crippen LogP contribution in [0.1, 0.15) is 31.9 Å². The van der Waals surface area contributed by atoms with Crippen LogP contribution in [0.5, 0.6) is 0 Å². The molecule has 1 rings (SSSR count). The molecule has 4 N–H and O–H groups in total. The fraction of sp³-hybridized carbons (Fsp3) is 0.500. The third-order valence-corrected chi connectivity index (χ3v) is 3.57. The number of benzene rings is 1. The molecule has 0 spiro atoms. The van der Waals surface area contributed by atoms with Crippen LogP contribution in [0.25, 0.3) is 0 Å². The second-order valence-electron chi connectivity index (χ2n) is 5.20. The number of rotatable bonds is 5. The summed E-state index contributed by atoms with van der Waals surface area (Å²) in [5.41, 5.74) is 6.92. The Hall–Kier alpha value is -0.950. The van der Waals surface area contributed by atoms with Crippen molar-refractivity contribution in [2.75, 3.05) is 0 Å². The zero-order valence-electron chi connectivity index (χ0n) is 11.0. The van der Waals surface area contributed by atoms with Crippen molar-refractivity contribution in [3.8, 4) is 0 Å². The molecule has 0 aromatic heterocycles. The van der Waals surface area contributed by atoms with Crippen LogP contribution in [-0.4, -0.2) is 14.0 Å². The van der Waals surface area contributed by atoms with Crippen LogP contribution in [0.3, 0.4) is 0 Å². The van der Waals surface area contributed by atoms with Crippen molar-refractivity contribution in [2.24, 2.45) is 5.73 Å². The Morgan fingerprint density at radius 1 is 1.11 bits per heavy atom. The normalized spacial score (nSPS) is 12.7. The number of hydrogen-bond acceptors (Lipinski definition) is 3. The molecule has 18 heavy (non-hydrogen) atoms. The summed E-state index contributed by atoms with van der Waals surface area (Å²) < 4.78 is 28.4. The summed E-state index contributed by atoms with van der Waals surface area (Å²) in [7, 11) is -3.48. The van der Waals surface area contributed by atoms with Crippen LogP contribution >= 0.6 is 0 Å². The van der Waals surface area contributed by atoms with E-state index in [9.17, 15) is 8.42 Å². The molecule has 1 aromatic carbocycles. The lowest BCUT2D eigenvalue weighted by molar-refractivity contribution is 0.483. The first-order valence-corrected chi connectivity index (χ1v) is 7.27. The van der Waals surface area contributed by atoms with Crippen molar-refractivity contribution in [3.63, 3.8) is 0 Å². The lowest BCUT2D eigenvalue weighted by Crippen LogP contribution is -2.46. The van der Waals surface area contributed by atoms with Crippen molar-refractivity contribution in [3.05, 3.63) is 35.4 Å². The topological polar surface area (TPSA) is 84.2 Å². The zero-order chi connectivity index (χ0) is 13.8. The standard InChI is InChI=1S/C12H21N3O2S/c1-12(2,3)15-18(16,17)14-9-11-6-4-10(8-13)5-7-11/h4-7,14-15H,8-9,13H2,1-3H3. The van der Waals surface area contributed by atoms with Gasteiger partial charge in [-0.3, -0.25) is 0 Å². The van der Waals surface area contributed by atoms with Gasteiger partial charge in [-0.1, -0.05) is 24.3 Å². The van der Waals surface area contributed by atoms with Gasteiger partial charge in [-0.05, 0) is 31.9 Å². The summed E-state index contributed by atoms with van der Waals surface area (Å²) in [5, 5.41) is 0. The molecule has 0 atom stereocenters. The highest BCUT2D eigenvalue weighted by atomic mass is 32.2. The first-order valence-electron chi connectivity index (χ1n) is 5.78. The molecule has 6 heteroatoms. The Morgan fingerprint density at radius 3 is 2.06 bits per heavy atom. The van der Waals surface area contributed by atoms with Crippen molar-refractivity contribution in [2.45, 2.75) is 39.4 Å². The van der Waals surface area contributed by atoms with Crippen LogP contribution in [0.15, 0.2) is 24.3 Å². The summed E-state index contributed by atoms with van der Waals surface area (Å²) in [4.78, 5) is 0. The minimum atomic E-state index is -3.48. The van der Waals surface area contributed by atoms with Gasteiger partial charge in [0, 0.05) is 18.6 Å². The molecule has 102 valence electrons. The Labute approximate surface area is 109 Å². The van der Waals surface area contributed by atoms with Crippen molar-refractivity contribution in [1.82, 2.24) is 9.44 Å². The molecule has 5 nitrogen and oxygen atoms in total. The van der Waals surface area contributed by atoms with E-state index < -0.39 is 15.7 Å². The van der Waals surface area contributed by atoms with E-state index in [1.165, 1.54) is 0 Å². The highest BCUT2D eigenvalue weighted by molar-refractivity contribution is 7.87. The van der Waals surface area contributed by atoms with Gasteiger partial charge in [-0.2, -0.15) is 17.9 Å². The lowest BCUT2D eigenvalue weighted by atomic mass is 10.1. The molecular formula is C12H21N3O2S. The number of nitrogens with one attached hydrogen (secondary N) is 2. The van der Waals surface area contributed by atoms with Crippen LogP contribution in [-0.2, 0) is 23.3 Å². The maximum absolute atomic E-state index is 11.7. The fourth-order valence-corrected chi connectivity index (χ4v) is 2.65. The zero-order valence-corrected chi connectivity index (χ0v) is 11.8. The second kappa shape index (κ2) is 5.79. The number of hydrogen-bond donors (Lipinski definition) is 3. The Kier molecular flexibility index (Phi) is 4.86. The van der Waals surface area contributed by atoms with Gasteiger partial charge in [0.2, 0.25) is 0 Å². The molecule has 0 saturated heterocycles. The highest BCUT2D eigenvalue weighted by Gasteiger charge is 2.18. The Balaban J connectivity index is 2.59. The van der Waals surface area contributed by atoms with Gasteiger partial charge in [-0.25, -0.2) is 0 Å². The largest absolute Gasteiger partial charge is 0.326 e. The smallest absolute Gasteiger partial charge is 0.277 e. The predicted molar refractivity (Wildman–Crippen MR) is 73.0 cm³/mol. The van der Waals surface area contributed by atoms with E-state index >= 15 is 0 Å². The third kappa shape index (κ3) is 5.59. The van der Waals surface area contributed by atoms with Gasteiger partial charge < -0.3 is 5.73 Å². The van der Waals surface area contributed by atoms with Crippen molar-refractivity contribution < 1.29 is 8.42 Å². The van der Waals surface area contributed by atoms with Gasteiger partial charge in [0.1, 0.15) is 0 Å². The summed E-state index contributed by atoms with van der Waals surface area (Å²) in [6, 6.07) is 7.51. The molecule has 0 aliphatic heterocycles. The maximum atomic E-state index is 11.7. The summed E-state index contributed by atoms with van der Waals surface area (Å²) in [5.74, 6) is 0. The van der Waals surface area contributed by atoms with Crippen molar-refractivity contribution in [1.29, 1.82) is 0 Å². The van der Waals surface area contributed by atoms with E-state index in [2.05, 4.69) is 9.44 Å². The Bertz CT molecular complexity index is 475. The van der Waals surface area contributed by atoms with E-state index in [-0.39, 0.29) is 6.54 Å². The second-order valence-corrected chi connectivity index (χ2v) is 6.70. The first-order chi connectivity index (χ1) is 8.22. The van der Waals surface area contributed by atoms with Gasteiger partial charge in [-0.15, -0.1) is 0 Å². The minimum absolute atomic E-state index is 0.260. The molecule has 0 saturated carbocycles. The van der Waals surface area contributed by atoms with Gasteiger partial charge in [0.25, 0.3) is 10.2 Å². The van der Waals surface area contributed by atoms with Crippen LogP contribution in [0.2, 0.25) is 0 Å². The lowest BCUT2D eigenvalue weighted by Gasteiger charge is -2.20. The molecule has 1 aromatic rings. The molecule has 0 bridgehead atoms. The van der Waals surface area contributed by atoms with Gasteiger partial charge in [0.15, 0.2) is 0 Å². The molecule has 0 fully saturated rings. The molecule has 0 aliphatic rings. The first kappa shape index (κ1) is 15.1. The van der Waals surface area contributed by atoms with Crippen LogP contribution in [0, 0.1) is 0 Å². The molecular weight excluding hydrogens is 250 g/mol. The van der Waals surface area contributed by atoms with E-state index in [4.69, 9.17) is 5.73 Å². The van der Waals surface area contributed by atoms with E-state index in [0.29, 0.717) is 6.54 Å². The SMILES string of the molecule is CC(C)(C)NS(=O)(=O)NCc1ccc(CN)cc1. The quantitative estimate of drug-likeness (QED) is 0.743. The molecule has 0 radical (unpaired) electrons. The van der Waals surface area contributed by atoms with Gasteiger partial charge >= 0.3 is 0 Å². The minimum Gasteiger partial charge on any atom is -0.326 e. The molecule has 0 aliphatic carbocycles. The van der Waals surface area contributed by atoms with Gasteiger partial charge in [0.05, 0.1) is 0 Å². The predicted octanol–water partition coefficient (Wildman–Crippen LogP) is 0.868.